The van der Waals surface area contributed by atoms with Crippen molar-refractivity contribution in [1.29, 1.82) is 0 Å². The van der Waals surface area contributed by atoms with Gasteiger partial charge in [0.1, 0.15) is 10.0 Å². The molecule has 0 unspecified atom stereocenters. The van der Waals surface area contributed by atoms with Gasteiger partial charge in [-0.1, -0.05) is 18.3 Å². The zero-order valence-corrected chi connectivity index (χ0v) is 12.2. The monoisotopic (exact) mass is 294 g/mol. The molecule has 7 heteroatoms. The summed E-state index contributed by atoms with van der Waals surface area (Å²) < 4.78 is 0. The predicted octanol–water partition coefficient (Wildman–Crippen LogP) is 2.38. The van der Waals surface area contributed by atoms with E-state index in [1.165, 1.54) is 12.8 Å². The van der Waals surface area contributed by atoms with Crippen LogP contribution >= 0.6 is 11.3 Å². The Balaban J connectivity index is 1.54. The first-order valence-electron chi connectivity index (χ1n) is 7.25. The Morgan fingerprint density at radius 3 is 2.75 bits per heavy atom. The van der Waals surface area contributed by atoms with Crippen molar-refractivity contribution < 1.29 is 10.0 Å². The van der Waals surface area contributed by atoms with Crippen LogP contribution in [0.25, 0.3) is 0 Å². The summed E-state index contributed by atoms with van der Waals surface area (Å²) in [5, 5.41) is 21.3. The predicted molar refractivity (Wildman–Crippen MR) is 72.5 cm³/mol. The summed E-state index contributed by atoms with van der Waals surface area (Å²) >= 11 is 1.65. The molecule has 2 amide bonds. The summed E-state index contributed by atoms with van der Waals surface area (Å²) in [5.41, 5.74) is 0. The first-order chi connectivity index (χ1) is 9.63. The van der Waals surface area contributed by atoms with Crippen LogP contribution in [0.4, 0.5) is 4.79 Å². The van der Waals surface area contributed by atoms with E-state index in [-0.39, 0.29) is 18.1 Å². The molecule has 1 aromatic rings. The third-order valence-corrected chi connectivity index (χ3v) is 6.00. The molecule has 0 spiro atoms. The molecule has 4 rings (SSSR count). The molecule has 1 aliphatic carbocycles. The van der Waals surface area contributed by atoms with Crippen molar-refractivity contribution in [1.82, 2.24) is 20.2 Å². The fraction of sp³-hybridized carbons (Fsp3) is 0.769. The van der Waals surface area contributed by atoms with Gasteiger partial charge in [0.05, 0.1) is 12.1 Å². The lowest BCUT2D eigenvalue weighted by Crippen LogP contribution is -2.33. The van der Waals surface area contributed by atoms with Gasteiger partial charge in [0.15, 0.2) is 0 Å². The van der Waals surface area contributed by atoms with Crippen LogP contribution < -0.4 is 0 Å². The highest BCUT2D eigenvalue weighted by molar-refractivity contribution is 7.11. The van der Waals surface area contributed by atoms with Gasteiger partial charge in [0, 0.05) is 12.5 Å². The summed E-state index contributed by atoms with van der Waals surface area (Å²) in [7, 11) is 0. The number of urea groups is 1. The van der Waals surface area contributed by atoms with Gasteiger partial charge in [0.2, 0.25) is 0 Å². The Labute approximate surface area is 121 Å². The van der Waals surface area contributed by atoms with E-state index in [0.717, 1.165) is 33.8 Å². The molecule has 108 valence electrons. The van der Waals surface area contributed by atoms with Gasteiger partial charge in [-0.2, -0.15) is 0 Å². The second-order valence-corrected chi connectivity index (χ2v) is 7.32. The number of hydrogen-bond acceptors (Lipinski definition) is 5. The van der Waals surface area contributed by atoms with Gasteiger partial charge in [-0.25, -0.2) is 9.86 Å². The van der Waals surface area contributed by atoms with Crippen molar-refractivity contribution in [2.75, 3.05) is 6.54 Å². The van der Waals surface area contributed by atoms with Crippen LogP contribution in [0.1, 0.15) is 54.6 Å². The molecule has 1 saturated carbocycles. The Morgan fingerprint density at radius 1 is 1.25 bits per heavy atom. The quantitative estimate of drug-likeness (QED) is 0.850. The molecule has 6 nitrogen and oxygen atoms in total. The van der Waals surface area contributed by atoms with Crippen molar-refractivity contribution in [2.45, 2.75) is 50.6 Å². The van der Waals surface area contributed by atoms with E-state index in [1.807, 2.05) is 0 Å². The van der Waals surface area contributed by atoms with Gasteiger partial charge in [0.25, 0.3) is 0 Å². The number of hydroxylamine groups is 2. The first-order valence-corrected chi connectivity index (χ1v) is 8.07. The van der Waals surface area contributed by atoms with Gasteiger partial charge in [-0.05, 0) is 31.6 Å². The molecule has 2 saturated heterocycles. The SMILES string of the molecule is CC1CC(c2nnc([C@@H]3CC[C@@H]4CN3C(=O)N4O)s2)C1. The fourth-order valence-electron chi connectivity index (χ4n) is 3.56. The van der Waals surface area contributed by atoms with E-state index in [2.05, 4.69) is 17.1 Å². The fourth-order valence-corrected chi connectivity index (χ4v) is 4.68. The number of carbonyl (C=O) groups is 1. The third-order valence-electron chi connectivity index (χ3n) is 4.81. The lowest BCUT2D eigenvalue weighted by Gasteiger charge is -2.30. The zero-order chi connectivity index (χ0) is 13.9. The highest BCUT2D eigenvalue weighted by Crippen LogP contribution is 2.44. The third kappa shape index (κ3) is 1.76. The summed E-state index contributed by atoms with van der Waals surface area (Å²) in [5.74, 6) is 1.36. The molecular formula is C13H18N4O2S. The maximum atomic E-state index is 12.0. The van der Waals surface area contributed by atoms with Gasteiger partial charge in [-0.3, -0.25) is 5.21 Å². The maximum Gasteiger partial charge on any atom is 0.344 e. The smallest absolute Gasteiger partial charge is 0.311 e. The Kier molecular flexibility index (Phi) is 2.75. The minimum Gasteiger partial charge on any atom is -0.311 e. The van der Waals surface area contributed by atoms with Crippen LogP contribution in [0, 0.1) is 5.92 Å². The number of nitrogens with zero attached hydrogens (tertiary/aromatic N) is 4. The Morgan fingerprint density at radius 2 is 2.00 bits per heavy atom. The molecule has 2 bridgehead atoms. The summed E-state index contributed by atoms with van der Waals surface area (Å²) in [6.07, 6.45) is 4.10. The van der Waals surface area contributed by atoms with Crippen LogP contribution in [0.3, 0.4) is 0 Å². The van der Waals surface area contributed by atoms with E-state index in [0.29, 0.717) is 12.5 Å². The molecule has 2 atom stereocenters. The maximum absolute atomic E-state index is 12.0. The molecular weight excluding hydrogens is 276 g/mol. The molecule has 1 aromatic heterocycles. The van der Waals surface area contributed by atoms with Crippen molar-refractivity contribution in [3.63, 3.8) is 0 Å². The summed E-state index contributed by atoms with van der Waals surface area (Å²) in [6, 6.07) is -0.329. The van der Waals surface area contributed by atoms with Crippen LogP contribution in [-0.4, -0.2) is 44.0 Å². The number of carbonyl (C=O) groups excluding carboxylic acids is 1. The van der Waals surface area contributed by atoms with E-state index < -0.39 is 0 Å². The standard InChI is InChI=1S/C13H18N4O2S/c1-7-4-8(5-7)11-14-15-12(20-11)10-3-2-9-6-16(10)13(18)17(9)19/h7-10,19H,2-6H2,1H3/t7?,8?,9-,10+/m1/s1. The van der Waals surface area contributed by atoms with Crippen LogP contribution in [0.2, 0.25) is 0 Å². The summed E-state index contributed by atoms with van der Waals surface area (Å²) in [6.45, 7) is 2.87. The highest BCUT2D eigenvalue weighted by atomic mass is 32.1. The van der Waals surface area contributed by atoms with E-state index in [4.69, 9.17) is 0 Å². The van der Waals surface area contributed by atoms with Crippen LogP contribution in [-0.2, 0) is 0 Å². The normalized spacial score (nSPS) is 36.4. The van der Waals surface area contributed by atoms with Gasteiger partial charge >= 0.3 is 6.03 Å². The number of fused-ring (bicyclic) bond motifs is 2. The lowest BCUT2D eigenvalue weighted by atomic mass is 9.77. The summed E-state index contributed by atoms with van der Waals surface area (Å²) in [4.78, 5) is 13.7. The second-order valence-electron chi connectivity index (χ2n) is 6.28. The largest absolute Gasteiger partial charge is 0.344 e. The topological polar surface area (TPSA) is 69.6 Å². The number of amides is 2. The molecule has 0 aromatic carbocycles. The highest BCUT2D eigenvalue weighted by Gasteiger charge is 2.46. The molecule has 0 radical (unpaired) electrons. The Bertz CT molecular complexity index is 542. The second kappa shape index (κ2) is 4.39. The minimum atomic E-state index is -0.286. The first kappa shape index (κ1) is 12.5. The van der Waals surface area contributed by atoms with E-state index in [9.17, 15) is 10.0 Å². The van der Waals surface area contributed by atoms with E-state index >= 15 is 0 Å². The van der Waals surface area contributed by atoms with E-state index in [1.54, 1.807) is 16.2 Å². The number of rotatable bonds is 2. The number of aromatic nitrogens is 2. The molecule has 2 aliphatic heterocycles. The van der Waals surface area contributed by atoms with Crippen molar-refractivity contribution in [2.24, 2.45) is 5.92 Å². The molecule has 3 heterocycles. The number of hydrogen-bond donors (Lipinski definition) is 1. The van der Waals surface area contributed by atoms with Crippen LogP contribution in [0.15, 0.2) is 0 Å². The molecule has 1 N–H and O–H groups in total. The van der Waals surface area contributed by atoms with Crippen LogP contribution in [0.5, 0.6) is 0 Å². The zero-order valence-electron chi connectivity index (χ0n) is 11.4. The molecule has 3 fully saturated rings. The lowest BCUT2D eigenvalue weighted by molar-refractivity contribution is -0.0584. The number of piperidine rings is 1. The minimum absolute atomic E-state index is 0.000324. The molecule has 20 heavy (non-hydrogen) atoms. The van der Waals surface area contributed by atoms with Gasteiger partial charge in [-0.15, -0.1) is 10.2 Å². The average Bonchev–Trinajstić information content (AvgIpc) is 2.97. The van der Waals surface area contributed by atoms with Crippen molar-refractivity contribution in [3.8, 4) is 0 Å². The molecule has 3 aliphatic rings. The van der Waals surface area contributed by atoms with Gasteiger partial charge < -0.3 is 4.90 Å². The average molecular weight is 294 g/mol. The Hall–Kier alpha value is -1.21. The van der Waals surface area contributed by atoms with Crippen molar-refractivity contribution >= 4 is 17.4 Å². The van der Waals surface area contributed by atoms with Crippen molar-refractivity contribution in [3.05, 3.63) is 10.0 Å².